The molecular weight excluding hydrogens is 629 g/mol. The molecule has 8 nitrogen and oxygen atoms in total. The summed E-state index contributed by atoms with van der Waals surface area (Å²) in [5.41, 5.74) is 6.06. The topological polar surface area (TPSA) is 108 Å². The van der Waals surface area contributed by atoms with Gasteiger partial charge in [-0.1, -0.05) is 54.6 Å². The molecule has 244 valence electrons. The molecule has 5 atom stereocenters. The van der Waals surface area contributed by atoms with Crippen molar-refractivity contribution >= 4 is 44.5 Å². The molecular formula is C37H40N4O4S2. The van der Waals surface area contributed by atoms with Gasteiger partial charge in [0.15, 0.2) is 0 Å². The number of fused-ring (bicyclic) bond motifs is 4. The first kappa shape index (κ1) is 31.8. The van der Waals surface area contributed by atoms with Crippen LogP contribution in [0, 0.1) is 18.8 Å². The number of likely N-dealkylation sites (N-methyl/N-ethyl adjacent to an activating group) is 1. The molecule has 1 aliphatic heterocycles. The number of thiophene rings is 1. The number of carbonyl (C=O) groups is 2. The van der Waals surface area contributed by atoms with Crippen molar-refractivity contribution in [1.82, 2.24) is 10.0 Å². The van der Waals surface area contributed by atoms with Crippen LogP contribution in [-0.4, -0.2) is 39.4 Å². The van der Waals surface area contributed by atoms with Gasteiger partial charge in [-0.05, 0) is 103 Å². The second kappa shape index (κ2) is 13.0. The van der Waals surface area contributed by atoms with Gasteiger partial charge in [-0.3, -0.25) is 14.9 Å². The average molecular weight is 669 g/mol. The molecule has 3 aliphatic rings. The number of amides is 2. The minimum atomic E-state index is -3.57. The molecule has 1 aromatic heterocycles. The first-order valence-corrected chi connectivity index (χ1v) is 18.6. The molecule has 4 aromatic rings. The van der Waals surface area contributed by atoms with Crippen molar-refractivity contribution < 1.29 is 18.0 Å². The first-order chi connectivity index (χ1) is 22.7. The number of anilines is 2. The molecule has 7 rings (SSSR count). The van der Waals surface area contributed by atoms with Crippen LogP contribution >= 0.6 is 11.3 Å². The standard InChI is InChI=1S/C37H40N4O4S2/c1-23-12-19-34(46-23)47(44,45)40-35-26-13-14-27(35)21-28-22-29(16-15-25(28)20-26)38-33(42)18-17-31-37(43)41(2)32-11-7-6-10-30(32)36(39-31)24-8-4-3-5-9-24/h3-12,15-16,19,22,26-27,31,35-36,39-40H,13-14,17-18,20-21H2,1-2H3,(H,38,42)/t26?,27?,31-,35?,36?/m1/s1. The predicted molar refractivity (Wildman–Crippen MR) is 186 cm³/mol. The highest BCUT2D eigenvalue weighted by Gasteiger charge is 2.41. The average Bonchev–Trinajstić information content (AvgIpc) is 3.60. The van der Waals surface area contributed by atoms with E-state index in [0.717, 1.165) is 58.6 Å². The maximum atomic E-state index is 13.6. The van der Waals surface area contributed by atoms with Crippen molar-refractivity contribution in [2.24, 2.45) is 11.8 Å². The Balaban J connectivity index is 1.02. The minimum Gasteiger partial charge on any atom is -0.326 e. The smallest absolute Gasteiger partial charge is 0.250 e. The molecule has 2 aliphatic carbocycles. The molecule has 2 heterocycles. The lowest BCUT2D eigenvalue weighted by Gasteiger charge is -2.23. The van der Waals surface area contributed by atoms with E-state index < -0.39 is 16.1 Å². The van der Waals surface area contributed by atoms with Crippen molar-refractivity contribution in [1.29, 1.82) is 0 Å². The molecule has 10 heteroatoms. The zero-order chi connectivity index (χ0) is 32.7. The number of hydrogen-bond acceptors (Lipinski definition) is 6. The van der Waals surface area contributed by atoms with E-state index in [9.17, 15) is 18.0 Å². The van der Waals surface area contributed by atoms with E-state index in [0.29, 0.717) is 10.6 Å². The Hall–Kier alpha value is -3.83. The van der Waals surface area contributed by atoms with Crippen LogP contribution in [0.5, 0.6) is 0 Å². The number of sulfonamides is 1. The van der Waals surface area contributed by atoms with Gasteiger partial charge in [0.25, 0.3) is 0 Å². The fourth-order valence-corrected chi connectivity index (χ4v) is 10.3. The maximum Gasteiger partial charge on any atom is 0.250 e. The molecule has 2 bridgehead atoms. The van der Waals surface area contributed by atoms with Crippen LogP contribution in [0.25, 0.3) is 0 Å². The quantitative estimate of drug-likeness (QED) is 0.215. The van der Waals surface area contributed by atoms with Crippen LogP contribution in [0.15, 0.2) is 89.1 Å². The minimum absolute atomic E-state index is 0.0665. The largest absolute Gasteiger partial charge is 0.326 e. The summed E-state index contributed by atoms with van der Waals surface area (Å²) in [7, 11) is -1.78. The Kier molecular flexibility index (Phi) is 8.78. The van der Waals surface area contributed by atoms with E-state index in [-0.39, 0.29) is 42.2 Å². The Morgan fingerprint density at radius 1 is 0.936 bits per heavy atom. The Morgan fingerprint density at radius 2 is 1.66 bits per heavy atom. The monoisotopic (exact) mass is 668 g/mol. The molecule has 0 spiro atoms. The van der Waals surface area contributed by atoms with Gasteiger partial charge in [0.2, 0.25) is 21.8 Å². The lowest BCUT2D eigenvalue weighted by atomic mass is 9.93. The third-order valence-corrected chi connectivity index (χ3v) is 13.0. The zero-order valence-electron chi connectivity index (χ0n) is 26.6. The van der Waals surface area contributed by atoms with E-state index in [2.05, 4.69) is 33.6 Å². The van der Waals surface area contributed by atoms with Crippen LogP contribution in [-0.2, 0) is 32.5 Å². The number of hydrogen-bond donors (Lipinski definition) is 3. The highest BCUT2D eigenvalue weighted by molar-refractivity contribution is 7.91. The van der Waals surface area contributed by atoms with Gasteiger partial charge in [0.05, 0.1) is 12.1 Å². The number of nitrogens with one attached hydrogen (secondary N) is 3. The van der Waals surface area contributed by atoms with Crippen LogP contribution in [0.3, 0.4) is 0 Å². The summed E-state index contributed by atoms with van der Waals surface area (Å²) < 4.78 is 29.8. The molecule has 3 N–H and O–H groups in total. The summed E-state index contributed by atoms with van der Waals surface area (Å²) in [6.45, 7) is 1.92. The van der Waals surface area contributed by atoms with Crippen molar-refractivity contribution in [3.8, 4) is 0 Å². The zero-order valence-corrected chi connectivity index (χ0v) is 28.2. The summed E-state index contributed by atoms with van der Waals surface area (Å²) in [5.74, 6) is 0.232. The highest BCUT2D eigenvalue weighted by Crippen LogP contribution is 2.42. The van der Waals surface area contributed by atoms with E-state index in [1.807, 2.05) is 67.6 Å². The lowest BCUT2D eigenvalue weighted by Crippen LogP contribution is -2.44. The third kappa shape index (κ3) is 6.52. The van der Waals surface area contributed by atoms with Crippen molar-refractivity contribution in [3.05, 3.63) is 112 Å². The molecule has 3 aromatic carbocycles. The lowest BCUT2D eigenvalue weighted by molar-refractivity contribution is -0.121. The molecule has 4 unspecified atom stereocenters. The third-order valence-electron chi connectivity index (χ3n) is 10.0. The van der Waals surface area contributed by atoms with Crippen molar-refractivity contribution in [3.63, 3.8) is 0 Å². The fraction of sp³-hybridized carbons (Fsp3) is 0.351. The van der Waals surface area contributed by atoms with Gasteiger partial charge < -0.3 is 10.2 Å². The Labute approximate surface area is 280 Å². The fourth-order valence-electron chi connectivity index (χ4n) is 7.65. The van der Waals surface area contributed by atoms with Crippen molar-refractivity contribution in [2.75, 3.05) is 17.3 Å². The van der Waals surface area contributed by atoms with Crippen LogP contribution in [0.1, 0.15) is 58.9 Å². The summed E-state index contributed by atoms with van der Waals surface area (Å²) in [6.07, 6.45) is 4.08. The number of benzene rings is 3. The summed E-state index contributed by atoms with van der Waals surface area (Å²) >= 11 is 1.30. The normalized spacial score (nSPS) is 23.8. The van der Waals surface area contributed by atoms with Crippen LogP contribution in [0.4, 0.5) is 11.4 Å². The Bertz CT molecular complexity index is 1910. The first-order valence-electron chi connectivity index (χ1n) is 16.3. The maximum absolute atomic E-state index is 13.6. The van der Waals surface area contributed by atoms with Gasteiger partial charge in [-0.15, -0.1) is 11.3 Å². The van der Waals surface area contributed by atoms with Gasteiger partial charge >= 0.3 is 0 Å². The van der Waals surface area contributed by atoms with E-state index >= 15 is 0 Å². The molecule has 2 amide bonds. The number of aryl methyl sites for hydroxylation is 1. The number of rotatable bonds is 8. The van der Waals surface area contributed by atoms with Crippen LogP contribution < -0.4 is 20.3 Å². The predicted octanol–water partition coefficient (Wildman–Crippen LogP) is 5.97. The number of carbonyl (C=O) groups excluding carboxylic acids is 2. The Morgan fingerprint density at radius 3 is 2.40 bits per heavy atom. The number of nitrogens with zero attached hydrogens (tertiary/aromatic N) is 1. The van der Waals surface area contributed by atoms with E-state index in [1.54, 1.807) is 18.0 Å². The van der Waals surface area contributed by atoms with E-state index in [4.69, 9.17) is 0 Å². The van der Waals surface area contributed by atoms with E-state index in [1.165, 1.54) is 16.9 Å². The second-order valence-corrected chi connectivity index (χ2v) is 16.3. The number of para-hydroxylation sites is 1. The van der Waals surface area contributed by atoms with Gasteiger partial charge in [0.1, 0.15) is 4.21 Å². The second-order valence-electron chi connectivity index (χ2n) is 13.1. The van der Waals surface area contributed by atoms with Gasteiger partial charge in [-0.25, -0.2) is 13.1 Å². The van der Waals surface area contributed by atoms with Crippen LogP contribution in [0.2, 0.25) is 0 Å². The summed E-state index contributed by atoms with van der Waals surface area (Å²) in [5, 5.41) is 6.63. The molecule has 1 saturated carbocycles. The van der Waals surface area contributed by atoms with Crippen molar-refractivity contribution in [2.45, 2.75) is 67.8 Å². The van der Waals surface area contributed by atoms with Gasteiger partial charge in [-0.2, -0.15) is 0 Å². The summed E-state index contributed by atoms with van der Waals surface area (Å²) in [6, 6.07) is 26.8. The summed E-state index contributed by atoms with van der Waals surface area (Å²) in [4.78, 5) is 29.5. The molecule has 0 saturated heterocycles. The molecule has 0 radical (unpaired) electrons. The molecule has 47 heavy (non-hydrogen) atoms. The molecule has 1 fully saturated rings. The van der Waals surface area contributed by atoms with Gasteiger partial charge in [0, 0.05) is 35.8 Å². The highest BCUT2D eigenvalue weighted by atomic mass is 32.2. The SMILES string of the molecule is Cc1ccc(S(=O)(=O)NC2C3CCC2Cc2cc(NC(=O)CC[C@H]4NC(c5ccccc5)c5ccccc5N(C)C4=O)ccc2C3)s1.